The fraction of sp³-hybridized carbons (Fsp3) is 0.143. The van der Waals surface area contributed by atoms with Gasteiger partial charge in [0, 0.05) is 16.0 Å². The van der Waals surface area contributed by atoms with E-state index >= 15 is 0 Å². The van der Waals surface area contributed by atoms with E-state index in [0.717, 1.165) is 10.0 Å². The van der Waals surface area contributed by atoms with E-state index in [1.54, 1.807) is 0 Å². The highest BCUT2D eigenvalue weighted by molar-refractivity contribution is 6.30. The highest BCUT2D eigenvalue weighted by Gasteiger charge is 2.17. The van der Waals surface area contributed by atoms with E-state index in [1.165, 1.54) is 27.8 Å². The minimum absolute atomic E-state index is 0.170. The first-order valence-electron chi connectivity index (χ1n) is 7.62. The third-order valence-corrected chi connectivity index (χ3v) is 4.77. The summed E-state index contributed by atoms with van der Waals surface area (Å²) in [5.41, 5.74) is 6.33. The Labute approximate surface area is 147 Å². The van der Waals surface area contributed by atoms with Crippen LogP contribution in [0, 0.1) is 13.8 Å². The summed E-state index contributed by atoms with van der Waals surface area (Å²) in [6.07, 6.45) is 0. The van der Waals surface area contributed by atoms with Gasteiger partial charge in [-0.1, -0.05) is 65.7 Å². The fourth-order valence-corrected chi connectivity index (χ4v) is 3.08. The average Bonchev–Trinajstić information content (AvgIpc) is 2.55. The van der Waals surface area contributed by atoms with Gasteiger partial charge < -0.3 is 0 Å². The Morgan fingerprint density at radius 3 is 1.43 bits per heavy atom. The SMILES string of the molecule is Cc1ccc(C(c2ccc(Cl)cc2)c2ccc(Cl)cc2)cc1C. The Balaban J connectivity index is 2.14. The van der Waals surface area contributed by atoms with Crippen molar-refractivity contribution in [1.82, 2.24) is 0 Å². The van der Waals surface area contributed by atoms with Crippen LogP contribution in [0.2, 0.25) is 10.0 Å². The van der Waals surface area contributed by atoms with Gasteiger partial charge in [-0.3, -0.25) is 0 Å². The first kappa shape index (κ1) is 16.1. The van der Waals surface area contributed by atoms with E-state index in [4.69, 9.17) is 23.2 Å². The molecule has 0 amide bonds. The summed E-state index contributed by atoms with van der Waals surface area (Å²) in [4.78, 5) is 0. The van der Waals surface area contributed by atoms with Crippen molar-refractivity contribution >= 4 is 23.2 Å². The van der Waals surface area contributed by atoms with Crippen LogP contribution < -0.4 is 0 Å². The Morgan fingerprint density at radius 1 is 0.565 bits per heavy atom. The van der Waals surface area contributed by atoms with Crippen molar-refractivity contribution in [3.8, 4) is 0 Å². The van der Waals surface area contributed by atoms with E-state index in [2.05, 4.69) is 56.3 Å². The van der Waals surface area contributed by atoms with Crippen LogP contribution in [-0.2, 0) is 0 Å². The van der Waals surface area contributed by atoms with Crippen LogP contribution in [0.15, 0.2) is 66.7 Å². The van der Waals surface area contributed by atoms with Crippen LogP contribution in [-0.4, -0.2) is 0 Å². The minimum atomic E-state index is 0.170. The van der Waals surface area contributed by atoms with Crippen LogP contribution in [0.25, 0.3) is 0 Å². The predicted molar refractivity (Wildman–Crippen MR) is 99.8 cm³/mol. The van der Waals surface area contributed by atoms with Gasteiger partial charge in [-0.25, -0.2) is 0 Å². The van der Waals surface area contributed by atoms with Crippen molar-refractivity contribution in [2.45, 2.75) is 19.8 Å². The summed E-state index contributed by atoms with van der Waals surface area (Å²) in [6.45, 7) is 4.29. The summed E-state index contributed by atoms with van der Waals surface area (Å²) < 4.78 is 0. The Bertz CT molecular complexity index is 757. The van der Waals surface area contributed by atoms with Crippen molar-refractivity contribution in [2.24, 2.45) is 0 Å². The first-order valence-corrected chi connectivity index (χ1v) is 8.38. The molecule has 0 aromatic heterocycles. The van der Waals surface area contributed by atoms with Gasteiger partial charge in [-0.05, 0) is 65.9 Å². The van der Waals surface area contributed by atoms with Gasteiger partial charge in [0.05, 0.1) is 0 Å². The maximum Gasteiger partial charge on any atom is 0.0406 e. The molecule has 0 aliphatic rings. The Hall–Kier alpha value is -1.76. The lowest BCUT2D eigenvalue weighted by atomic mass is 9.84. The molecule has 0 nitrogen and oxygen atoms in total. The summed E-state index contributed by atoms with van der Waals surface area (Å²) in [6, 6.07) is 22.8. The van der Waals surface area contributed by atoms with Gasteiger partial charge in [0.2, 0.25) is 0 Å². The standard InChI is InChI=1S/C21H18Cl2/c1-14-3-4-18(13-15(14)2)21(16-5-9-19(22)10-6-16)17-7-11-20(23)12-8-17/h3-13,21H,1-2H3. The number of halogens is 2. The minimum Gasteiger partial charge on any atom is -0.0843 e. The lowest BCUT2D eigenvalue weighted by Crippen LogP contribution is -2.04. The second-order valence-electron chi connectivity index (χ2n) is 5.88. The van der Waals surface area contributed by atoms with Crippen molar-refractivity contribution in [2.75, 3.05) is 0 Å². The van der Waals surface area contributed by atoms with Crippen LogP contribution in [0.1, 0.15) is 33.7 Å². The summed E-state index contributed by atoms with van der Waals surface area (Å²) >= 11 is 12.1. The second-order valence-corrected chi connectivity index (χ2v) is 6.75. The molecule has 0 atom stereocenters. The molecule has 116 valence electrons. The molecule has 0 aliphatic carbocycles. The summed E-state index contributed by atoms with van der Waals surface area (Å²) in [5, 5.41) is 1.51. The maximum atomic E-state index is 6.06. The summed E-state index contributed by atoms with van der Waals surface area (Å²) in [5.74, 6) is 0.170. The van der Waals surface area contributed by atoms with Gasteiger partial charge in [0.25, 0.3) is 0 Å². The zero-order valence-corrected chi connectivity index (χ0v) is 14.7. The third-order valence-electron chi connectivity index (χ3n) is 4.27. The zero-order valence-electron chi connectivity index (χ0n) is 13.2. The van der Waals surface area contributed by atoms with E-state index in [1.807, 2.05) is 24.3 Å². The van der Waals surface area contributed by atoms with Gasteiger partial charge >= 0.3 is 0 Å². The number of hydrogen-bond donors (Lipinski definition) is 0. The van der Waals surface area contributed by atoms with Crippen LogP contribution >= 0.6 is 23.2 Å². The zero-order chi connectivity index (χ0) is 16.4. The molecule has 3 aromatic rings. The first-order chi connectivity index (χ1) is 11.0. The van der Waals surface area contributed by atoms with Crippen LogP contribution in [0.3, 0.4) is 0 Å². The molecule has 0 saturated carbocycles. The van der Waals surface area contributed by atoms with E-state index in [9.17, 15) is 0 Å². The monoisotopic (exact) mass is 340 g/mol. The molecule has 0 spiro atoms. The molecule has 0 N–H and O–H groups in total. The van der Waals surface area contributed by atoms with Crippen molar-refractivity contribution in [3.05, 3.63) is 105 Å². The smallest absolute Gasteiger partial charge is 0.0406 e. The van der Waals surface area contributed by atoms with Gasteiger partial charge in [0.1, 0.15) is 0 Å². The molecule has 0 unspecified atom stereocenters. The van der Waals surface area contributed by atoms with E-state index in [0.29, 0.717) is 0 Å². The molecule has 3 rings (SSSR count). The fourth-order valence-electron chi connectivity index (χ4n) is 2.83. The summed E-state index contributed by atoms with van der Waals surface area (Å²) in [7, 11) is 0. The second kappa shape index (κ2) is 6.78. The van der Waals surface area contributed by atoms with Gasteiger partial charge in [0.15, 0.2) is 0 Å². The lowest BCUT2D eigenvalue weighted by Gasteiger charge is -2.20. The average molecular weight is 341 g/mol. The number of benzene rings is 3. The van der Waals surface area contributed by atoms with Crippen molar-refractivity contribution < 1.29 is 0 Å². The largest absolute Gasteiger partial charge is 0.0843 e. The molecular formula is C21H18Cl2. The molecular weight excluding hydrogens is 323 g/mol. The van der Waals surface area contributed by atoms with Gasteiger partial charge in [-0.2, -0.15) is 0 Å². The molecule has 23 heavy (non-hydrogen) atoms. The Morgan fingerprint density at radius 2 is 1.00 bits per heavy atom. The normalized spacial score (nSPS) is 11.0. The molecule has 2 heteroatoms. The van der Waals surface area contributed by atoms with Crippen molar-refractivity contribution in [1.29, 1.82) is 0 Å². The molecule has 0 fully saturated rings. The highest BCUT2D eigenvalue weighted by Crippen LogP contribution is 2.34. The number of hydrogen-bond acceptors (Lipinski definition) is 0. The molecule has 0 bridgehead atoms. The highest BCUT2D eigenvalue weighted by atomic mass is 35.5. The van der Waals surface area contributed by atoms with Gasteiger partial charge in [-0.15, -0.1) is 0 Å². The molecule has 0 aliphatic heterocycles. The predicted octanol–water partition coefficient (Wildman–Crippen LogP) is 6.79. The quantitative estimate of drug-likeness (QED) is 0.460. The van der Waals surface area contributed by atoms with E-state index in [-0.39, 0.29) is 5.92 Å². The molecule has 0 saturated heterocycles. The molecule has 3 aromatic carbocycles. The lowest BCUT2D eigenvalue weighted by molar-refractivity contribution is 0.972. The molecule has 0 radical (unpaired) electrons. The Kier molecular flexibility index (Phi) is 4.75. The number of aryl methyl sites for hydroxylation is 2. The topological polar surface area (TPSA) is 0 Å². The van der Waals surface area contributed by atoms with E-state index < -0.39 is 0 Å². The number of rotatable bonds is 3. The van der Waals surface area contributed by atoms with Crippen LogP contribution in [0.5, 0.6) is 0 Å². The van der Waals surface area contributed by atoms with Crippen molar-refractivity contribution in [3.63, 3.8) is 0 Å². The maximum absolute atomic E-state index is 6.06. The third kappa shape index (κ3) is 3.60. The van der Waals surface area contributed by atoms with Crippen LogP contribution in [0.4, 0.5) is 0 Å². The molecule has 0 heterocycles.